The molecule has 5 aromatic rings. The lowest BCUT2D eigenvalue weighted by atomic mass is 10.00. The molecule has 0 saturated carbocycles. The van der Waals surface area contributed by atoms with Crippen LogP contribution in [0.5, 0.6) is 5.75 Å². The molecule has 0 heterocycles. The van der Waals surface area contributed by atoms with E-state index in [1.165, 1.54) is 7.11 Å². The van der Waals surface area contributed by atoms with Crippen LogP contribution < -0.4 is 15.4 Å². The maximum absolute atomic E-state index is 13.2. The summed E-state index contributed by atoms with van der Waals surface area (Å²) in [5.41, 5.74) is 3.51. The van der Waals surface area contributed by atoms with Crippen LogP contribution in [-0.4, -0.2) is 50.4 Å². The molecule has 0 aliphatic carbocycles. The highest BCUT2D eigenvalue weighted by atomic mass is 16.5. The molecule has 7 nitrogen and oxygen atoms in total. The molecule has 2 N–H and O–H groups in total. The number of anilines is 1. The van der Waals surface area contributed by atoms with E-state index in [0.29, 0.717) is 48.6 Å². The Balaban J connectivity index is 1.10. The average Bonchev–Trinajstić information content (AvgIpc) is 3.08. The van der Waals surface area contributed by atoms with Crippen LogP contribution in [0.15, 0.2) is 121 Å². The smallest absolute Gasteiger partial charge is 0.328 e. The van der Waals surface area contributed by atoms with Gasteiger partial charge in [0.1, 0.15) is 18.4 Å². The van der Waals surface area contributed by atoms with Gasteiger partial charge in [-0.1, -0.05) is 97.1 Å². The zero-order valence-electron chi connectivity index (χ0n) is 25.2. The van der Waals surface area contributed by atoms with Gasteiger partial charge in [0.05, 0.1) is 13.7 Å². The Labute approximate surface area is 263 Å². The minimum absolute atomic E-state index is 0.121. The summed E-state index contributed by atoms with van der Waals surface area (Å²) in [5.74, 6) is 0.242. The summed E-state index contributed by atoms with van der Waals surface area (Å²) >= 11 is 0. The SMILES string of the molecule is COC(=O)C(Cc1ccc(OCCNCC(=O)Cc2ccc3ccccc3c2)cc1)Nc1ccccc1C(=O)c1ccccc1. The van der Waals surface area contributed by atoms with E-state index in [1.807, 2.05) is 72.8 Å². The molecule has 5 rings (SSSR count). The molecule has 228 valence electrons. The number of hydrogen-bond donors (Lipinski definition) is 2. The molecule has 0 aromatic heterocycles. The Morgan fingerprint density at radius 3 is 2.20 bits per heavy atom. The maximum Gasteiger partial charge on any atom is 0.328 e. The Morgan fingerprint density at radius 2 is 1.42 bits per heavy atom. The number of fused-ring (bicyclic) bond motifs is 1. The Hall–Kier alpha value is -5.27. The van der Waals surface area contributed by atoms with Crippen molar-refractivity contribution in [1.29, 1.82) is 0 Å². The molecule has 0 radical (unpaired) electrons. The highest BCUT2D eigenvalue weighted by molar-refractivity contribution is 6.12. The molecule has 45 heavy (non-hydrogen) atoms. The standard InChI is InChI=1S/C38H36N2O5/c1-44-38(43)36(40-35-14-8-7-13-34(35)37(42)30-10-3-2-4-11-30)25-27-16-19-33(20-17-27)45-22-21-39-26-32(41)24-28-15-18-29-9-5-6-12-31(29)23-28/h2-20,23,36,39-40H,21-22,24-26H2,1H3. The van der Waals surface area contributed by atoms with E-state index in [4.69, 9.17) is 9.47 Å². The first-order valence-corrected chi connectivity index (χ1v) is 14.9. The monoisotopic (exact) mass is 600 g/mol. The number of hydrogen-bond acceptors (Lipinski definition) is 7. The number of esters is 1. The van der Waals surface area contributed by atoms with Crippen LogP contribution in [0.3, 0.4) is 0 Å². The Bertz CT molecular complexity index is 1750. The van der Waals surface area contributed by atoms with Gasteiger partial charge >= 0.3 is 5.97 Å². The van der Waals surface area contributed by atoms with E-state index in [2.05, 4.69) is 28.8 Å². The van der Waals surface area contributed by atoms with Gasteiger partial charge in [0, 0.05) is 36.2 Å². The Morgan fingerprint density at radius 1 is 0.733 bits per heavy atom. The van der Waals surface area contributed by atoms with Crippen LogP contribution in [-0.2, 0) is 27.2 Å². The van der Waals surface area contributed by atoms with Gasteiger partial charge in [-0.25, -0.2) is 4.79 Å². The second-order valence-electron chi connectivity index (χ2n) is 10.7. The molecule has 0 aliphatic heterocycles. The summed E-state index contributed by atoms with van der Waals surface area (Å²) in [7, 11) is 1.35. The van der Waals surface area contributed by atoms with E-state index >= 15 is 0 Å². The fourth-order valence-corrected chi connectivity index (χ4v) is 5.14. The molecule has 0 fully saturated rings. The summed E-state index contributed by atoms with van der Waals surface area (Å²) in [4.78, 5) is 38.3. The van der Waals surface area contributed by atoms with Crippen LogP contribution in [0.25, 0.3) is 10.8 Å². The predicted molar refractivity (Wildman–Crippen MR) is 177 cm³/mol. The van der Waals surface area contributed by atoms with Gasteiger partial charge in [-0.05, 0) is 46.2 Å². The Kier molecular flexibility index (Phi) is 10.7. The molecule has 0 aliphatic rings. The number of carbonyl (C=O) groups excluding carboxylic acids is 3. The summed E-state index contributed by atoms with van der Waals surface area (Å²) in [5, 5.41) is 8.68. The highest BCUT2D eigenvalue weighted by Gasteiger charge is 2.22. The van der Waals surface area contributed by atoms with Crippen molar-refractivity contribution in [2.75, 3.05) is 32.1 Å². The number of rotatable bonds is 15. The van der Waals surface area contributed by atoms with Crippen molar-refractivity contribution in [2.24, 2.45) is 0 Å². The van der Waals surface area contributed by atoms with Crippen molar-refractivity contribution in [3.05, 3.63) is 144 Å². The van der Waals surface area contributed by atoms with E-state index in [1.54, 1.807) is 30.3 Å². The van der Waals surface area contributed by atoms with Gasteiger partial charge in [0.2, 0.25) is 0 Å². The number of carbonyl (C=O) groups is 3. The lowest BCUT2D eigenvalue weighted by molar-refractivity contribution is -0.141. The number of ketones is 2. The molecule has 0 saturated heterocycles. The minimum atomic E-state index is -0.706. The third-order valence-electron chi connectivity index (χ3n) is 7.47. The third-order valence-corrected chi connectivity index (χ3v) is 7.47. The number of nitrogens with one attached hydrogen (secondary N) is 2. The molecule has 0 amide bonds. The minimum Gasteiger partial charge on any atom is -0.492 e. The van der Waals surface area contributed by atoms with E-state index < -0.39 is 12.0 Å². The normalized spacial score (nSPS) is 11.5. The van der Waals surface area contributed by atoms with Crippen LogP contribution in [0.2, 0.25) is 0 Å². The second-order valence-corrected chi connectivity index (χ2v) is 10.7. The fraction of sp³-hybridized carbons (Fsp3) is 0.184. The first-order valence-electron chi connectivity index (χ1n) is 14.9. The maximum atomic E-state index is 13.2. The first-order chi connectivity index (χ1) is 22.0. The summed E-state index contributed by atoms with van der Waals surface area (Å²) in [6, 6.07) is 37.2. The highest BCUT2D eigenvalue weighted by Crippen LogP contribution is 2.22. The molecular weight excluding hydrogens is 564 g/mol. The van der Waals surface area contributed by atoms with Crippen LogP contribution >= 0.6 is 0 Å². The van der Waals surface area contributed by atoms with Gasteiger partial charge in [-0.2, -0.15) is 0 Å². The number of para-hydroxylation sites is 1. The van der Waals surface area contributed by atoms with E-state index in [9.17, 15) is 14.4 Å². The molecule has 0 spiro atoms. The van der Waals surface area contributed by atoms with E-state index in [-0.39, 0.29) is 18.1 Å². The molecule has 5 aromatic carbocycles. The van der Waals surface area contributed by atoms with Crippen LogP contribution in [0.4, 0.5) is 5.69 Å². The quantitative estimate of drug-likeness (QED) is 0.0859. The van der Waals surface area contributed by atoms with Gasteiger partial charge < -0.3 is 20.1 Å². The summed E-state index contributed by atoms with van der Waals surface area (Å²) in [6.45, 7) is 1.21. The van der Waals surface area contributed by atoms with Crippen LogP contribution in [0, 0.1) is 0 Å². The second kappa shape index (κ2) is 15.5. The van der Waals surface area contributed by atoms with Gasteiger partial charge in [0.15, 0.2) is 11.6 Å². The lowest BCUT2D eigenvalue weighted by Gasteiger charge is -2.20. The lowest BCUT2D eigenvalue weighted by Crippen LogP contribution is -2.33. The first kappa shape index (κ1) is 31.2. The van der Waals surface area contributed by atoms with Crippen molar-refractivity contribution in [1.82, 2.24) is 5.32 Å². The number of Topliss-reactive ketones (excluding diaryl/α,β-unsaturated/α-hetero) is 1. The van der Waals surface area contributed by atoms with Gasteiger partial charge in [-0.15, -0.1) is 0 Å². The topological polar surface area (TPSA) is 93.7 Å². The number of methoxy groups -OCH3 is 1. The molecule has 1 atom stereocenters. The predicted octanol–water partition coefficient (Wildman–Crippen LogP) is 6.05. The molecular formula is C38H36N2O5. The fourth-order valence-electron chi connectivity index (χ4n) is 5.14. The third kappa shape index (κ3) is 8.65. The molecule has 0 bridgehead atoms. The largest absolute Gasteiger partial charge is 0.492 e. The summed E-state index contributed by atoms with van der Waals surface area (Å²) in [6.07, 6.45) is 0.734. The van der Waals surface area contributed by atoms with Crippen molar-refractivity contribution >= 4 is 34.0 Å². The van der Waals surface area contributed by atoms with Gasteiger partial charge in [0.25, 0.3) is 0 Å². The number of ether oxygens (including phenoxy) is 2. The average molecular weight is 601 g/mol. The van der Waals surface area contributed by atoms with Crippen molar-refractivity contribution in [2.45, 2.75) is 18.9 Å². The molecule has 7 heteroatoms. The van der Waals surface area contributed by atoms with Crippen molar-refractivity contribution in [3.8, 4) is 5.75 Å². The van der Waals surface area contributed by atoms with Crippen molar-refractivity contribution in [3.63, 3.8) is 0 Å². The zero-order chi connectivity index (χ0) is 31.4. The molecule has 1 unspecified atom stereocenters. The summed E-state index contributed by atoms with van der Waals surface area (Å²) < 4.78 is 10.9. The van der Waals surface area contributed by atoms with E-state index in [0.717, 1.165) is 21.9 Å². The van der Waals surface area contributed by atoms with Crippen molar-refractivity contribution < 1.29 is 23.9 Å². The van der Waals surface area contributed by atoms with Crippen LogP contribution in [0.1, 0.15) is 27.0 Å². The zero-order valence-corrected chi connectivity index (χ0v) is 25.2. The van der Waals surface area contributed by atoms with Gasteiger partial charge in [-0.3, -0.25) is 9.59 Å². The number of benzene rings is 5.